The van der Waals surface area contributed by atoms with E-state index in [-0.39, 0.29) is 19.4 Å². The summed E-state index contributed by atoms with van der Waals surface area (Å²) >= 11 is 0. The molecule has 0 aliphatic heterocycles. The summed E-state index contributed by atoms with van der Waals surface area (Å²) in [5, 5.41) is 0. The maximum atomic E-state index is 11.0. The largest absolute Gasteiger partial charge is 0.462 e. The van der Waals surface area contributed by atoms with Gasteiger partial charge in [-0.1, -0.05) is 6.58 Å². The molecular formula is C7H13O5P. The molecule has 0 radical (unpaired) electrons. The van der Waals surface area contributed by atoms with Gasteiger partial charge in [0.2, 0.25) is 0 Å². The number of ether oxygens (including phenoxy) is 1. The molecular weight excluding hydrogens is 195 g/mol. The molecule has 1 atom stereocenters. The van der Waals surface area contributed by atoms with Gasteiger partial charge in [0.1, 0.15) is 6.61 Å². The SMILES string of the molecule is C=CC(=O)OCCP(=O)(O)OCC. The molecule has 0 saturated carbocycles. The minimum Gasteiger partial charge on any atom is -0.462 e. The molecule has 13 heavy (non-hydrogen) atoms. The molecule has 0 aliphatic carbocycles. The summed E-state index contributed by atoms with van der Waals surface area (Å²) in [6.45, 7) is 4.80. The van der Waals surface area contributed by atoms with Crippen LogP contribution in [0.3, 0.4) is 0 Å². The summed E-state index contributed by atoms with van der Waals surface area (Å²) in [6, 6.07) is 0. The average Bonchev–Trinajstić information content (AvgIpc) is 2.03. The van der Waals surface area contributed by atoms with Crippen LogP contribution in [0.4, 0.5) is 0 Å². The lowest BCUT2D eigenvalue weighted by atomic mass is 10.6. The molecule has 0 spiro atoms. The third-order valence-electron chi connectivity index (χ3n) is 1.12. The van der Waals surface area contributed by atoms with Crippen LogP contribution in [0.2, 0.25) is 0 Å². The van der Waals surface area contributed by atoms with Crippen LogP contribution in [-0.2, 0) is 18.6 Å². The van der Waals surface area contributed by atoms with Crippen molar-refractivity contribution in [1.29, 1.82) is 0 Å². The van der Waals surface area contributed by atoms with Gasteiger partial charge in [0.05, 0.1) is 12.8 Å². The van der Waals surface area contributed by atoms with Crippen LogP contribution in [-0.4, -0.2) is 30.2 Å². The number of rotatable bonds is 6. The van der Waals surface area contributed by atoms with Gasteiger partial charge in [-0.25, -0.2) is 4.79 Å². The van der Waals surface area contributed by atoms with E-state index in [1.165, 1.54) is 0 Å². The van der Waals surface area contributed by atoms with Crippen LogP contribution in [0.5, 0.6) is 0 Å². The zero-order valence-corrected chi connectivity index (χ0v) is 8.33. The highest BCUT2D eigenvalue weighted by Crippen LogP contribution is 2.40. The van der Waals surface area contributed by atoms with Crippen LogP contribution >= 0.6 is 7.60 Å². The van der Waals surface area contributed by atoms with Crippen molar-refractivity contribution in [2.75, 3.05) is 19.4 Å². The molecule has 76 valence electrons. The molecule has 0 aromatic rings. The van der Waals surface area contributed by atoms with Crippen molar-refractivity contribution >= 4 is 13.6 Å². The lowest BCUT2D eigenvalue weighted by molar-refractivity contribution is -0.137. The van der Waals surface area contributed by atoms with E-state index in [0.29, 0.717) is 0 Å². The van der Waals surface area contributed by atoms with E-state index in [1.54, 1.807) is 6.92 Å². The monoisotopic (exact) mass is 208 g/mol. The minimum atomic E-state index is -3.57. The Morgan fingerprint density at radius 2 is 2.31 bits per heavy atom. The van der Waals surface area contributed by atoms with Gasteiger partial charge in [-0.05, 0) is 6.92 Å². The summed E-state index contributed by atoms with van der Waals surface area (Å²) in [7, 11) is -3.57. The maximum Gasteiger partial charge on any atom is 0.331 e. The predicted molar refractivity (Wildman–Crippen MR) is 47.5 cm³/mol. The Balaban J connectivity index is 3.69. The van der Waals surface area contributed by atoms with E-state index < -0.39 is 13.6 Å². The molecule has 5 nitrogen and oxygen atoms in total. The number of carbonyl (C=O) groups excluding carboxylic acids is 1. The number of esters is 1. The molecule has 1 unspecified atom stereocenters. The molecule has 6 heteroatoms. The molecule has 0 aromatic heterocycles. The molecule has 0 rings (SSSR count). The molecule has 1 N–H and O–H groups in total. The lowest BCUT2D eigenvalue weighted by Crippen LogP contribution is -2.07. The Morgan fingerprint density at radius 1 is 1.69 bits per heavy atom. The maximum absolute atomic E-state index is 11.0. The summed E-state index contributed by atoms with van der Waals surface area (Å²) in [5.74, 6) is -0.614. The summed E-state index contributed by atoms with van der Waals surface area (Å²) < 4.78 is 20.0. The highest BCUT2D eigenvalue weighted by Gasteiger charge is 2.18. The summed E-state index contributed by atoms with van der Waals surface area (Å²) in [5.41, 5.74) is 0. The number of hydrogen-bond acceptors (Lipinski definition) is 4. The summed E-state index contributed by atoms with van der Waals surface area (Å²) in [6.07, 6.45) is 0.795. The van der Waals surface area contributed by atoms with Crippen LogP contribution in [0.15, 0.2) is 12.7 Å². The average molecular weight is 208 g/mol. The predicted octanol–water partition coefficient (Wildman–Crippen LogP) is 0.937. The fraction of sp³-hybridized carbons (Fsp3) is 0.571. The molecule has 0 bridgehead atoms. The van der Waals surface area contributed by atoms with Crippen LogP contribution in [0, 0.1) is 0 Å². The fourth-order valence-corrected chi connectivity index (χ4v) is 1.44. The van der Waals surface area contributed by atoms with Crippen molar-refractivity contribution in [2.45, 2.75) is 6.92 Å². The van der Waals surface area contributed by atoms with Crippen molar-refractivity contribution < 1.29 is 23.5 Å². The van der Waals surface area contributed by atoms with Gasteiger partial charge in [0.15, 0.2) is 0 Å². The van der Waals surface area contributed by atoms with Crippen molar-refractivity contribution in [1.82, 2.24) is 0 Å². The van der Waals surface area contributed by atoms with E-state index in [9.17, 15) is 9.36 Å². The van der Waals surface area contributed by atoms with Crippen LogP contribution < -0.4 is 0 Å². The van der Waals surface area contributed by atoms with Gasteiger partial charge in [-0.2, -0.15) is 0 Å². The molecule has 0 heterocycles. The Labute approximate surface area is 76.9 Å². The fourth-order valence-electron chi connectivity index (χ4n) is 0.587. The van der Waals surface area contributed by atoms with E-state index in [1.807, 2.05) is 0 Å². The third kappa shape index (κ3) is 6.51. The third-order valence-corrected chi connectivity index (χ3v) is 2.53. The smallest absolute Gasteiger partial charge is 0.331 e. The first kappa shape index (κ1) is 12.4. The lowest BCUT2D eigenvalue weighted by Gasteiger charge is -2.09. The zero-order valence-electron chi connectivity index (χ0n) is 7.43. The highest BCUT2D eigenvalue weighted by molar-refractivity contribution is 7.52. The van der Waals surface area contributed by atoms with Crippen molar-refractivity contribution in [2.24, 2.45) is 0 Å². The van der Waals surface area contributed by atoms with Crippen molar-refractivity contribution in [3.05, 3.63) is 12.7 Å². The van der Waals surface area contributed by atoms with E-state index in [4.69, 9.17) is 4.89 Å². The summed E-state index contributed by atoms with van der Waals surface area (Å²) in [4.78, 5) is 19.5. The van der Waals surface area contributed by atoms with E-state index in [2.05, 4.69) is 15.8 Å². The Morgan fingerprint density at radius 3 is 2.77 bits per heavy atom. The second kappa shape index (κ2) is 5.91. The second-order valence-electron chi connectivity index (χ2n) is 2.15. The van der Waals surface area contributed by atoms with Gasteiger partial charge in [-0.3, -0.25) is 4.57 Å². The van der Waals surface area contributed by atoms with Gasteiger partial charge < -0.3 is 14.2 Å². The van der Waals surface area contributed by atoms with Crippen LogP contribution in [0.25, 0.3) is 0 Å². The van der Waals surface area contributed by atoms with Crippen molar-refractivity contribution in [3.63, 3.8) is 0 Å². The number of hydrogen-bond donors (Lipinski definition) is 1. The van der Waals surface area contributed by atoms with Crippen LogP contribution in [0.1, 0.15) is 6.92 Å². The number of carbonyl (C=O) groups is 1. The topological polar surface area (TPSA) is 72.8 Å². The Hall–Kier alpha value is -0.640. The molecule has 0 aromatic carbocycles. The molecule has 0 fully saturated rings. The Kier molecular flexibility index (Phi) is 5.62. The minimum absolute atomic E-state index is 0.140. The van der Waals surface area contributed by atoms with Gasteiger partial charge >= 0.3 is 13.6 Å². The second-order valence-corrected chi connectivity index (χ2v) is 4.13. The van der Waals surface area contributed by atoms with E-state index in [0.717, 1.165) is 6.08 Å². The molecule has 0 aliphatic rings. The molecule has 0 amide bonds. The standard InChI is InChI=1S/C7H13O5P/c1-3-7(8)11-5-6-13(9,10)12-4-2/h3H,1,4-6H2,2H3,(H,9,10). The zero-order chi connectivity index (χ0) is 10.3. The highest BCUT2D eigenvalue weighted by atomic mass is 31.2. The van der Waals surface area contributed by atoms with Gasteiger partial charge in [0, 0.05) is 6.08 Å². The first-order valence-corrected chi connectivity index (χ1v) is 5.53. The first-order valence-electron chi connectivity index (χ1n) is 3.77. The normalized spacial score (nSPS) is 14.6. The first-order chi connectivity index (χ1) is 6.02. The van der Waals surface area contributed by atoms with Gasteiger partial charge in [-0.15, -0.1) is 0 Å². The van der Waals surface area contributed by atoms with E-state index >= 15 is 0 Å². The quantitative estimate of drug-likeness (QED) is 0.399. The molecule has 0 saturated heterocycles. The van der Waals surface area contributed by atoms with Crippen molar-refractivity contribution in [3.8, 4) is 0 Å². The Bertz CT molecular complexity index is 225. The van der Waals surface area contributed by atoms with Gasteiger partial charge in [0.25, 0.3) is 0 Å².